The monoisotopic (exact) mass is 463 g/mol. The Morgan fingerprint density at radius 1 is 1.03 bits per heavy atom. The standard InChI is InChI=1S/C25H22ClN3O2S/c1-15-11-16(2)23(17(3)12-15)28-22(30)14-32-25-27-21-10-5-4-9-20(21)24(31)29(25)19-8-6-7-18(26)13-19/h4-13H,14H2,1-3H3,(H,28,30). The van der Waals surface area contributed by atoms with Crippen molar-refractivity contribution >= 4 is 45.9 Å². The Labute approximate surface area is 195 Å². The second kappa shape index (κ2) is 9.18. The van der Waals surface area contributed by atoms with Gasteiger partial charge >= 0.3 is 0 Å². The van der Waals surface area contributed by atoms with E-state index in [2.05, 4.69) is 10.3 Å². The predicted octanol–water partition coefficient (Wildman–Crippen LogP) is 5.70. The molecule has 1 heterocycles. The summed E-state index contributed by atoms with van der Waals surface area (Å²) in [5.74, 6) is -0.0527. The molecule has 0 bridgehead atoms. The number of nitrogens with zero attached hydrogens (tertiary/aromatic N) is 2. The van der Waals surface area contributed by atoms with Crippen molar-refractivity contribution < 1.29 is 4.79 Å². The number of aryl methyl sites for hydroxylation is 3. The first-order chi connectivity index (χ1) is 15.3. The zero-order valence-electron chi connectivity index (χ0n) is 18.0. The smallest absolute Gasteiger partial charge is 0.266 e. The third kappa shape index (κ3) is 4.56. The summed E-state index contributed by atoms with van der Waals surface area (Å²) in [6.07, 6.45) is 0. The van der Waals surface area contributed by atoms with E-state index < -0.39 is 0 Å². The summed E-state index contributed by atoms with van der Waals surface area (Å²) in [5.41, 5.74) is 4.99. The number of thioether (sulfide) groups is 1. The highest BCUT2D eigenvalue weighted by atomic mass is 35.5. The Balaban J connectivity index is 1.68. The average molecular weight is 464 g/mol. The topological polar surface area (TPSA) is 64.0 Å². The van der Waals surface area contributed by atoms with Crippen molar-refractivity contribution in [3.63, 3.8) is 0 Å². The van der Waals surface area contributed by atoms with Gasteiger partial charge < -0.3 is 5.32 Å². The van der Waals surface area contributed by atoms with Gasteiger partial charge in [0.25, 0.3) is 5.56 Å². The maximum absolute atomic E-state index is 13.3. The number of amides is 1. The van der Waals surface area contributed by atoms with Crippen LogP contribution in [0.15, 0.2) is 70.6 Å². The van der Waals surface area contributed by atoms with Crippen LogP contribution in [-0.2, 0) is 4.79 Å². The van der Waals surface area contributed by atoms with Gasteiger partial charge in [-0.2, -0.15) is 0 Å². The molecule has 32 heavy (non-hydrogen) atoms. The van der Waals surface area contributed by atoms with E-state index in [1.165, 1.54) is 16.3 Å². The van der Waals surface area contributed by atoms with Crippen molar-refractivity contribution in [3.05, 3.63) is 92.7 Å². The van der Waals surface area contributed by atoms with Crippen LogP contribution in [0, 0.1) is 20.8 Å². The molecular weight excluding hydrogens is 442 g/mol. The third-order valence-electron chi connectivity index (χ3n) is 5.09. The van der Waals surface area contributed by atoms with Crippen LogP contribution in [0.1, 0.15) is 16.7 Å². The first-order valence-corrected chi connectivity index (χ1v) is 11.5. The molecule has 0 aliphatic heterocycles. The lowest BCUT2D eigenvalue weighted by Crippen LogP contribution is -2.23. The zero-order chi connectivity index (χ0) is 22.8. The van der Waals surface area contributed by atoms with Gasteiger partial charge in [-0.3, -0.25) is 14.2 Å². The lowest BCUT2D eigenvalue weighted by atomic mass is 10.1. The van der Waals surface area contributed by atoms with Gasteiger partial charge in [-0.05, 0) is 62.2 Å². The van der Waals surface area contributed by atoms with Gasteiger partial charge in [-0.1, -0.05) is 59.3 Å². The third-order valence-corrected chi connectivity index (χ3v) is 6.26. The summed E-state index contributed by atoms with van der Waals surface area (Å²) >= 11 is 7.39. The van der Waals surface area contributed by atoms with Gasteiger partial charge in [0.15, 0.2) is 5.16 Å². The van der Waals surface area contributed by atoms with E-state index in [-0.39, 0.29) is 17.2 Å². The maximum atomic E-state index is 13.3. The highest BCUT2D eigenvalue weighted by molar-refractivity contribution is 7.99. The Morgan fingerprint density at radius 2 is 1.75 bits per heavy atom. The number of hydrogen-bond acceptors (Lipinski definition) is 4. The number of para-hydroxylation sites is 1. The van der Waals surface area contributed by atoms with Crippen molar-refractivity contribution in [2.75, 3.05) is 11.1 Å². The van der Waals surface area contributed by atoms with E-state index in [4.69, 9.17) is 11.6 Å². The quantitative estimate of drug-likeness (QED) is 0.305. The lowest BCUT2D eigenvalue weighted by Gasteiger charge is -2.15. The molecule has 0 saturated carbocycles. The van der Waals surface area contributed by atoms with Crippen molar-refractivity contribution in [1.29, 1.82) is 0 Å². The van der Waals surface area contributed by atoms with Crippen LogP contribution in [0.4, 0.5) is 5.69 Å². The fraction of sp³-hybridized carbons (Fsp3) is 0.160. The van der Waals surface area contributed by atoms with Gasteiger partial charge in [0, 0.05) is 10.7 Å². The SMILES string of the molecule is Cc1cc(C)c(NC(=O)CSc2nc3ccccc3c(=O)n2-c2cccc(Cl)c2)c(C)c1. The van der Waals surface area contributed by atoms with Crippen LogP contribution in [0.25, 0.3) is 16.6 Å². The number of nitrogens with one attached hydrogen (secondary N) is 1. The van der Waals surface area contributed by atoms with Crippen molar-refractivity contribution in [2.24, 2.45) is 0 Å². The van der Waals surface area contributed by atoms with Crippen LogP contribution in [-0.4, -0.2) is 21.2 Å². The summed E-state index contributed by atoms with van der Waals surface area (Å²) in [6, 6.07) is 18.3. The molecule has 0 aliphatic carbocycles. The minimum absolute atomic E-state index is 0.109. The predicted molar refractivity (Wildman–Crippen MR) is 132 cm³/mol. The summed E-state index contributed by atoms with van der Waals surface area (Å²) in [6.45, 7) is 5.98. The Bertz CT molecular complexity index is 1370. The van der Waals surface area contributed by atoms with Crippen LogP contribution >= 0.6 is 23.4 Å². The van der Waals surface area contributed by atoms with E-state index in [9.17, 15) is 9.59 Å². The number of halogens is 1. The molecule has 0 radical (unpaired) electrons. The van der Waals surface area contributed by atoms with E-state index in [1.54, 1.807) is 42.5 Å². The van der Waals surface area contributed by atoms with E-state index in [1.807, 2.05) is 39.0 Å². The largest absolute Gasteiger partial charge is 0.325 e. The molecule has 1 N–H and O–H groups in total. The molecule has 1 aromatic heterocycles. The second-order valence-corrected chi connectivity index (χ2v) is 9.02. The number of aromatic nitrogens is 2. The van der Waals surface area contributed by atoms with Crippen LogP contribution in [0.2, 0.25) is 5.02 Å². The van der Waals surface area contributed by atoms with Crippen molar-refractivity contribution in [2.45, 2.75) is 25.9 Å². The molecule has 4 rings (SSSR count). The minimum atomic E-state index is -0.203. The van der Waals surface area contributed by atoms with Crippen molar-refractivity contribution in [3.8, 4) is 5.69 Å². The highest BCUT2D eigenvalue weighted by Gasteiger charge is 2.16. The molecule has 0 fully saturated rings. The number of carbonyl (C=O) groups excluding carboxylic acids is 1. The first kappa shape index (κ1) is 22.1. The van der Waals surface area contributed by atoms with Gasteiger partial charge in [0.05, 0.1) is 22.3 Å². The molecule has 7 heteroatoms. The molecule has 0 aliphatic rings. The van der Waals surface area contributed by atoms with E-state index in [0.29, 0.717) is 26.8 Å². The highest BCUT2D eigenvalue weighted by Crippen LogP contribution is 2.25. The van der Waals surface area contributed by atoms with Crippen LogP contribution in [0.3, 0.4) is 0 Å². The van der Waals surface area contributed by atoms with Gasteiger partial charge in [-0.15, -0.1) is 0 Å². The molecule has 3 aromatic carbocycles. The Morgan fingerprint density at radius 3 is 2.47 bits per heavy atom. The van der Waals surface area contributed by atoms with E-state index in [0.717, 1.165) is 22.4 Å². The zero-order valence-corrected chi connectivity index (χ0v) is 19.6. The normalized spacial score (nSPS) is 11.0. The van der Waals surface area contributed by atoms with Crippen LogP contribution < -0.4 is 10.9 Å². The lowest BCUT2D eigenvalue weighted by molar-refractivity contribution is -0.113. The summed E-state index contributed by atoms with van der Waals surface area (Å²) in [5, 5.41) is 4.46. The Kier molecular flexibility index (Phi) is 6.35. The summed E-state index contributed by atoms with van der Waals surface area (Å²) in [7, 11) is 0. The number of hydrogen-bond donors (Lipinski definition) is 1. The number of fused-ring (bicyclic) bond motifs is 1. The van der Waals surface area contributed by atoms with E-state index >= 15 is 0 Å². The molecule has 162 valence electrons. The molecule has 0 saturated heterocycles. The van der Waals surface area contributed by atoms with Crippen LogP contribution in [0.5, 0.6) is 0 Å². The number of benzene rings is 3. The fourth-order valence-electron chi connectivity index (χ4n) is 3.73. The molecule has 1 amide bonds. The molecule has 5 nitrogen and oxygen atoms in total. The molecule has 0 spiro atoms. The van der Waals surface area contributed by atoms with Gasteiger partial charge in [-0.25, -0.2) is 4.98 Å². The minimum Gasteiger partial charge on any atom is -0.325 e. The number of anilines is 1. The molecule has 0 unspecified atom stereocenters. The Hall–Kier alpha value is -3.09. The molecule has 4 aromatic rings. The van der Waals surface area contributed by atoms with Crippen molar-refractivity contribution in [1.82, 2.24) is 9.55 Å². The second-order valence-electron chi connectivity index (χ2n) is 7.64. The maximum Gasteiger partial charge on any atom is 0.266 e. The average Bonchev–Trinajstić information content (AvgIpc) is 2.75. The summed E-state index contributed by atoms with van der Waals surface area (Å²) < 4.78 is 1.51. The molecule has 0 atom stereocenters. The summed E-state index contributed by atoms with van der Waals surface area (Å²) in [4.78, 5) is 30.7. The van der Waals surface area contributed by atoms with Gasteiger partial charge in [0.1, 0.15) is 0 Å². The first-order valence-electron chi connectivity index (χ1n) is 10.1. The number of rotatable bonds is 5. The fourth-order valence-corrected chi connectivity index (χ4v) is 4.73. The number of carbonyl (C=O) groups is 1. The molecular formula is C25H22ClN3O2S. The van der Waals surface area contributed by atoms with Gasteiger partial charge in [0.2, 0.25) is 5.91 Å².